The van der Waals surface area contributed by atoms with E-state index in [2.05, 4.69) is 47.8 Å². The third kappa shape index (κ3) is 35.2. The molecule has 0 bridgehead atoms. The molecule has 9 nitrogen and oxygen atoms in total. The van der Waals surface area contributed by atoms with Gasteiger partial charge in [-0.1, -0.05) is 141 Å². The maximum Gasteiger partial charge on any atom is 0.336 e. The lowest BCUT2D eigenvalue weighted by molar-refractivity contribution is -0.158. The second-order valence-corrected chi connectivity index (χ2v) is 17.1. The van der Waals surface area contributed by atoms with Gasteiger partial charge in [0.1, 0.15) is 12.7 Å². The summed E-state index contributed by atoms with van der Waals surface area (Å²) in [6.07, 6.45) is 41.8. The van der Waals surface area contributed by atoms with Crippen molar-refractivity contribution in [2.24, 2.45) is 0 Å². The van der Waals surface area contributed by atoms with Gasteiger partial charge in [-0.05, 0) is 90.1 Å². The van der Waals surface area contributed by atoms with E-state index in [0.717, 1.165) is 90.1 Å². The molecule has 322 valence electrons. The number of nitrogens with one attached hydrogen (secondary N) is 1. The fourth-order valence-electron chi connectivity index (χ4n) is 6.84. The lowest BCUT2D eigenvalue weighted by Crippen LogP contribution is -2.39. The third-order valence-electron chi connectivity index (χ3n) is 10.3. The van der Waals surface area contributed by atoms with E-state index in [4.69, 9.17) is 13.7 Å². The lowest BCUT2D eigenvalue weighted by Gasteiger charge is -2.19. The molecule has 0 saturated carbocycles. The lowest BCUT2D eigenvalue weighted by atomic mass is 10.1. The molecule has 0 aromatic heterocycles. The van der Waals surface area contributed by atoms with Crippen LogP contribution in [0.2, 0.25) is 0 Å². The number of carbonyl (C=O) groups is 2. The Kier molecular flexibility index (Phi) is 35.2. The van der Waals surface area contributed by atoms with Crippen LogP contribution < -0.4 is 4.72 Å². The van der Waals surface area contributed by atoms with E-state index < -0.39 is 22.4 Å². The van der Waals surface area contributed by atoms with E-state index in [1.165, 1.54) is 96.3 Å². The first kappa shape index (κ1) is 51.3. The Hall–Kier alpha value is -1.75. The highest BCUT2D eigenvalue weighted by atomic mass is 32.2. The summed E-state index contributed by atoms with van der Waals surface area (Å²) >= 11 is 0. The van der Waals surface area contributed by atoms with Crippen molar-refractivity contribution in [3.8, 4) is 0 Å². The van der Waals surface area contributed by atoms with Crippen LogP contribution in [0.4, 0.5) is 0 Å². The number of hydrogen-bond acceptors (Lipinski definition) is 8. The zero-order valence-electron chi connectivity index (χ0n) is 35.6. The van der Waals surface area contributed by atoms with E-state index >= 15 is 0 Å². The molecule has 1 N–H and O–H groups in total. The predicted molar refractivity (Wildman–Crippen MR) is 228 cm³/mol. The van der Waals surface area contributed by atoms with E-state index in [9.17, 15) is 18.0 Å². The number of hydrogen-bond donors (Lipinski definition) is 1. The number of esters is 2. The van der Waals surface area contributed by atoms with Crippen LogP contribution in [0.5, 0.6) is 0 Å². The van der Waals surface area contributed by atoms with Gasteiger partial charge in [-0.3, -0.25) is 13.8 Å². The van der Waals surface area contributed by atoms with Crippen LogP contribution in [0, 0.1) is 0 Å². The van der Waals surface area contributed by atoms with Gasteiger partial charge in [0.05, 0.1) is 13.2 Å². The fraction of sp³-hybridized carbons (Fsp3) is 0.867. The number of likely N-dealkylation sites (tertiary alicyclic amines) is 1. The smallest absolute Gasteiger partial charge is 0.336 e. The molecule has 1 unspecified atom stereocenters. The maximum absolute atomic E-state index is 12.7. The summed E-state index contributed by atoms with van der Waals surface area (Å²) in [7, 11) is -4.04. The SMILES string of the molecule is CCCCCCCCC=CCCCCCCCC(=O)OCC(CNS(=O)(=O)OCCN1CCCC1)OC(=O)CCCCCCCC=CCCCCCCCC. The molecule has 1 saturated heterocycles. The summed E-state index contributed by atoms with van der Waals surface area (Å²) in [5, 5.41) is 0. The summed E-state index contributed by atoms with van der Waals surface area (Å²) in [4.78, 5) is 27.4. The highest BCUT2D eigenvalue weighted by molar-refractivity contribution is 7.84. The van der Waals surface area contributed by atoms with Gasteiger partial charge in [0.25, 0.3) is 0 Å². The first-order chi connectivity index (χ1) is 26.9. The molecule has 0 aromatic carbocycles. The molecule has 0 amide bonds. The zero-order valence-corrected chi connectivity index (χ0v) is 36.4. The Labute approximate surface area is 338 Å². The van der Waals surface area contributed by atoms with Gasteiger partial charge in [-0.2, -0.15) is 13.1 Å². The average molecular weight is 797 g/mol. The molecule has 1 aliphatic heterocycles. The van der Waals surface area contributed by atoms with E-state index in [-0.39, 0.29) is 32.1 Å². The summed E-state index contributed by atoms with van der Waals surface area (Å²) < 4.78 is 43.6. The van der Waals surface area contributed by atoms with Gasteiger partial charge in [0.2, 0.25) is 0 Å². The van der Waals surface area contributed by atoms with Gasteiger partial charge < -0.3 is 14.4 Å². The number of ether oxygens (including phenoxy) is 2. The maximum atomic E-state index is 12.7. The Balaban J connectivity index is 2.29. The van der Waals surface area contributed by atoms with Gasteiger partial charge >= 0.3 is 22.2 Å². The van der Waals surface area contributed by atoms with Crippen molar-refractivity contribution in [1.29, 1.82) is 0 Å². The first-order valence-corrected chi connectivity index (χ1v) is 24.3. The van der Waals surface area contributed by atoms with Crippen molar-refractivity contribution in [3.63, 3.8) is 0 Å². The molecule has 0 aromatic rings. The topological polar surface area (TPSA) is 111 Å². The zero-order chi connectivity index (χ0) is 39.9. The molecule has 1 atom stereocenters. The Bertz CT molecular complexity index is 1060. The molecular weight excluding hydrogens is 713 g/mol. The third-order valence-corrected chi connectivity index (χ3v) is 11.3. The largest absolute Gasteiger partial charge is 0.462 e. The van der Waals surface area contributed by atoms with Crippen LogP contribution >= 0.6 is 0 Å². The van der Waals surface area contributed by atoms with Crippen LogP contribution in [0.1, 0.15) is 206 Å². The number of allylic oxidation sites excluding steroid dienone is 4. The van der Waals surface area contributed by atoms with E-state index in [0.29, 0.717) is 19.4 Å². The van der Waals surface area contributed by atoms with Crippen LogP contribution in [0.25, 0.3) is 0 Å². The fourth-order valence-corrected chi connectivity index (χ4v) is 7.60. The van der Waals surface area contributed by atoms with E-state index in [1.54, 1.807) is 0 Å². The molecule has 0 radical (unpaired) electrons. The number of unbranched alkanes of at least 4 members (excludes halogenated alkanes) is 22. The normalized spacial score (nSPS) is 14.4. The monoisotopic (exact) mass is 797 g/mol. The van der Waals surface area contributed by atoms with Crippen molar-refractivity contribution in [3.05, 3.63) is 24.3 Å². The minimum absolute atomic E-state index is 0.0558. The van der Waals surface area contributed by atoms with Crippen molar-refractivity contribution >= 4 is 22.2 Å². The summed E-state index contributed by atoms with van der Waals surface area (Å²) in [5.74, 6) is -0.772. The van der Waals surface area contributed by atoms with Crippen molar-refractivity contribution in [1.82, 2.24) is 9.62 Å². The summed E-state index contributed by atoms with van der Waals surface area (Å²) in [6.45, 7) is 6.60. The predicted octanol–water partition coefficient (Wildman–Crippen LogP) is 11.5. The van der Waals surface area contributed by atoms with Gasteiger partial charge in [-0.15, -0.1) is 0 Å². The molecule has 1 fully saturated rings. The van der Waals surface area contributed by atoms with Crippen LogP contribution in [0.3, 0.4) is 0 Å². The molecule has 10 heteroatoms. The number of nitrogens with zero attached hydrogens (tertiary/aromatic N) is 1. The van der Waals surface area contributed by atoms with Crippen molar-refractivity contribution in [2.45, 2.75) is 213 Å². The molecule has 0 spiro atoms. The standard InChI is InChI=1S/C45H84N2O7S/c1-3-5-7-9-11-13-15-17-19-21-23-25-27-29-31-35-44(48)52-42-43(41-46-55(50,51)53-40-39-47-37-33-34-38-47)54-45(49)36-32-30-28-26-24-22-20-18-16-14-12-10-8-6-4-2/h17-20,43,46H,3-16,21-42H2,1-2H3. The van der Waals surface area contributed by atoms with Crippen molar-refractivity contribution < 1.29 is 31.7 Å². The summed E-state index contributed by atoms with van der Waals surface area (Å²) in [5.41, 5.74) is 0. The van der Waals surface area contributed by atoms with Gasteiger partial charge in [-0.25, -0.2) is 0 Å². The van der Waals surface area contributed by atoms with Gasteiger partial charge in [0.15, 0.2) is 0 Å². The quantitative estimate of drug-likeness (QED) is 0.0371. The average Bonchev–Trinajstić information content (AvgIpc) is 3.69. The van der Waals surface area contributed by atoms with E-state index in [1.807, 2.05) is 0 Å². The van der Waals surface area contributed by atoms with Crippen LogP contribution in [0.15, 0.2) is 24.3 Å². The van der Waals surface area contributed by atoms with Crippen molar-refractivity contribution in [2.75, 3.05) is 39.4 Å². The minimum atomic E-state index is -4.04. The second kappa shape index (κ2) is 37.8. The Morgan fingerprint density at radius 2 is 1.02 bits per heavy atom. The second-order valence-electron chi connectivity index (χ2n) is 15.6. The first-order valence-electron chi connectivity index (χ1n) is 22.9. The van der Waals surface area contributed by atoms with Gasteiger partial charge in [0, 0.05) is 19.4 Å². The molecule has 1 heterocycles. The number of rotatable bonds is 40. The van der Waals surface area contributed by atoms with Crippen LogP contribution in [-0.4, -0.2) is 70.8 Å². The summed E-state index contributed by atoms with van der Waals surface area (Å²) in [6, 6.07) is 0. The highest BCUT2D eigenvalue weighted by Gasteiger charge is 2.21. The van der Waals surface area contributed by atoms with Crippen LogP contribution in [-0.2, 0) is 33.6 Å². The number of carbonyl (C=O) groups excluding carboxylic acids is 2. The molecule has 1 rings (SSSR count). The molecular formula is C45H84N2O7S. The molecule has 1 aliphatic rings. The minimum Gasteiger partial charge on any atom is -0.462 e. The molecule has 0 aliphatic carbocycles. The molecule has 55 heavy (non-hydrogen) atoms. The Morgan fingerprint density at radius 3 is 1.49 bits per heavy atom. The highest BCUT2D eigenvalue weighted by Crippen LogP contribution is 2.13. The Morgan fingerprint density at radius 1 is 0.600 bits per heavy atom.